The molecule has 172 valence electrons. The third-order valence-corrected chi connectivity index (χ3v) is 6.00. The molecule has 5 rings (SSSR count). The monoisotopic (exact) mass is 459 g/mol. The first-order valence-electron chi connectivity index (χ1n) is 10.9. The normalized spacial score (nSPS) is 12.3. The summed E-state index contributed by atoms with van der Waals surface area (Å²) in [5, 5.41) is 8.78. The van der Waals surface area contributed by atoms with Crippen LogP contribution in [0.1, 0.15) is 29.8 Å². The van der Waals surface area contributed by atoms with Gasteiger partial charge in [0.2, 0.25) is 0 Å². The molecule has 1 unspecified atom stereocenters. The second kappa shape index (κ2) is 8.37. The standard InChI is InChI=1S/C26H23F2N5O/c1-15-10-20(27)24(21(28)11-15)17(3)33-9-5-6-19-25(30-31-26(19)33)18-7-8-22(23(12-18)34-4)32-13-16(2)29-14-32/h5-14,17H,1-4H3. The van der Waals surface area contributed by atoms with Crippen LogP contribution in [0.15, 0.2) is 61.2 Å². The molecule has 8 heteroatoms. The summed E-state index contributed by atoms with van der Waals surface area (Å²) in [6.07, 6.45) is 5.41. The molecule has 2 aliphatic heterocycles. The number of pyridine rings is 1. The van der Waals surface area contributed by atoms with E-state index in [1.54, 1.807) is 38.0 Å². The molecule has 0 saturated carbocycles. The van der Waals surface area contributed by atoms with Crippen LogP contribution >= 0.6 is 0 Å². The lowest BCUT2D eigenvalue weighted by Gasteiger charge is -2.20. The number of ether oxygens (including phenoxy) is 1. The number of imidazole rings is 1. The molecule has 0 radical (unpaired) electrons. The maximum Gasteiger partial charge on any atom is 0.165 e. The third-order valence-electron chi connectivity index (χ3n) is 6.00. The Morgan fingerprint density at radius 3 is 2.44 bits per heavy atom. The zero-order chi connectivity index (χ0) is 24.0. The van der Waals surface area contributed by atoms with Gasteiger partial charge in [-0.3, -0.25) is 0 Å². The molecule has 6 nitrogen and oxygen atoms in total. The van der Waals surface area contributed by atoms with Crippen LogP contribution in [0.4, 0.5) is 8.78 Å². The number of aromatic nitrogens is 5. The fourth-order valence-electron chi connectivity index (χ4n) is 4.32. The second-order valence-corrected chi connectivity index (χ2v) is 8.33. The number of hydrogen-bond donors (Lipinski definition) is 0. The fraction of sp³-hybridized carbons (Fsp3) is 0.192. The van der Waals surface area contributed by atoms with Crippen LogP contribution < -0.4 is 4.74 Å². The van der Waals surface area contributed by atoms with Gasteiger partial charge in [-0.1, -0.05) is 6.07 Å². The van der Waals surface area contributed by atoms with Gasteiger partial charge in [-0.15, -0.1) is 10.2 Å². The number of rotatable bonds is 5. The predicted molar refractivity (Wildman–Crippen MR) is 125 cm³/mol. The van der Waals surface area contributed by atoms with E-state index in [1.165, 1.54) is 12.1 Å². The van der Waals surface area contributed by atoms with E-state index >= 15 is 0 Å². The number of halogens is 2. The van der Waals surface area contributed by atoms with E-state index in [0.29, 0.717) is 22.8 Å². The summed E-state index contributed by atoms with van der Waals surface area (Å²) in [6, 6.07) is 11.6. The minimum atomic E-state index is -0.616. The van der Waals surface area contributed by atoms with Crippen molar-refractivity contribution in [1.29, 1.82) is 0 Å². The maximum absolute atomic E-state index is 14.7. The molecular formula is C26H23F2N5O. The van der Waals surface area contributed by atoms with Gasteiger partial charge in [-0.05, 0) is 62.7 Å². The molecule has 2 aliphatic rings. The number of fused-ring (bicyclic) bond motifs is 1. The minimum absolute atomic E-state index is 0.00528. The Morgan fingerprint density at radius 1 is 1.00 bits per heavy atom. The largest absolute Gasteiger partial charge is 0.495 e. The highest BCUT2D eigenvalue weighted by Crippen LogP contribution is 2.37. The van der Waals surface area contributed by atoms with E-state index in [2.05, 4.69) is 15.2 Å². The molecule has 3 aromatic rings. The fourth-order valence-corrected chi connectivity index (χ4v) is 4.32. The van der Waals surface area contributed by atoms with Crippen LogP contribution in [0.3, 0.4) is 0 Å². The van der Waals surface area contributed by atoms with Crippen molar-refractivity contribution in [2.45, 2.75) is 26.8 Å². The molecule has 2 aromatic carbocycles. The SMILES string of the molecule is COc1cc(-c2nnc3n(C(C)c4c(F)cc(C)cc4F)cccc2-3)ccc1-n1cnc(C)c1. The van der Waals surface area contributed by atoms with E-state index in [1.807, 2.05) is 48.0 Å². The van der Waals surface area contributed by atoms with E-state index in [4.69, 9.17) is 4.74 Å². The molecular weight excluding hydrogens is 436 g/mol. The Labute approximate surface area is 195 Å². The van der Waals surface area contributed by atoms with Gasteiger partial charge in [0, 0.05) is 29.1 Å². The molecule has 0 spiro atoms. The van der Waals surface area contributed by atoms with Crippen LogP contribution in [-0.4, -0.2) is 31.4 Å². The first-order chi connectivity index (χ1) is 16.4. The summed E-state index contributed by atoms with van der Waals surface area (Å²) < 4.78 is 38.6. The Kier molecular flexibility index (Phi) is 5.36. The van der Waals surface area contributed by atoms with Crippen LogP contribution in [0.25, 0.3) is 28.3 Å². The van der Waals surface area contributed by atoms with Crippen molar-refractivity contribution in [2.24, 2.45) is 0 Å². The molecule has 1 atom stereocenters. The first kappa shape index (κ1) is 21.8. The lowest BCUT2D eigenvalue weighted by molar-refractivity contribution is 0.413. The average Bonchev–Trinajstić information content (AvgIpc) is 3.44. The molecule has 34 heavy (non-hydrogen) atoms. The quantitative estimate of drug-likeness (QED) is 0.336. The number of methoxy groups -OCH3 is 1. The van der Waals surface area contributed by atoms with E-state index in [0.717, 1.165) is 22.5 Å². The van der Waals surface area contributed by atoms with Gasteiger partial charge in [0.25, 0.3) is 0 Å². The molecule has 0 aliphatic carbocycles. The molecule has 0 amide bonds. The third kappa shape index (κ3) is 3.61. The summed E-state index contributed by atoms with van der Waals surface area (Å²) in [6.45, 7) is 5.33. The van der Waals surface area contributed by atoms with Crippen molar-refractivity contribution in [3.63, 3.8) is 0 Å². The van der Waals surface area contributed by atoms with E-state index in [-0.39, 0.29) is 5.56 Å². The van der Waals surface area contributed by atoms with Crippen LogP contribution in [0, 0.1) is 25.5 Å². The molecule has 0 N–H and O–H groups in total. The van der Waals surface area contributed by atoms with Gasteiger partial charge < -0.3 is 13.9 Å². The van der Waals surface area contributed by atoms with Gasteiger partial charge in [0.1, 0.15) is 23.1 Å². The molecule has 0 saturated heterocycles. The van der Waals surface area contributed by atoms with Crippen molar-refractivity contribution in [3.8, 4) is 34.1 Å². The van der Waals surface area contributed by atoms with Gasteiger partial charge in [0.15, 0.2) is 5.82 Å². The van der Waals surface area contributed by atoms with Crippen molar-refractivity contribution in [3.05, 3.63) is 89.6 Å². The Morgan fingerprint density at radius 2 is 1.76 bits per heavy atom. The highest BCUT2D eigenvalue weighted by atomic mass is 19.1. The van der Waals surface area contributed by atoms with Gasteiger partial charge in [-0.25, -0.2) is 13.8 Å². The summed E-state index contributed by atoms with van der Waals surface area (Å²) in [5.74, 6) is 0.0401. The second-order valence-electron chi connectivity index (χ2n) is 8.33. The van der Waals surface area contributed by atoms with Gasteiger partial charge in [-0.2, -0.15) is 0 Å². The highest BCUT2D eigenvalue weighted by molar-refractivity contribution is 5.80. The average molecular weight is 460 g/mol. The van der Waals surface area contributed by atoms with Crippen molar-refractivity contribution in [1.82, 2.24) is 24.3 Å². The number of nitrogens with zero attached hydrogens (tertiary/aromatic N) is 5. The van der Waals surface area contributed by atoms with Crippen LogP contribution in [0.5, 0.6) is 5.75 Å². The summed E-state index contributed by atoms with van der Waals surface area (Å²) in [4.78, 5) is 4.28. The van der Waals surface area contributed by atoms with Crippen molar-refractivity contribution < 1.29 is 13.5 Å². The molecule has 0 fully saturated rings. The lowest BCUT2D eigenvalue weighted by Crippen LogP contribution is -2.14. The number of aryl methyl sites for hydroxylation is 2. The predicted octanol–water partition coefficient (Wildman–Crippen LogP) is 5.75. The Hall–Kier alpha value is -4.07. The van der Waals surface area contributed by atoms with Gasteiger partial charge in [0.05, 0.1) is 30.9 Å². The van der Waals surface area contributed by atoms with Crippen molar-refractivity contribution >= 4 is 0 Å². The van der Waals surface area contributed by atoms with Crippen LogP contribution in [0.2, 0.25) is 0 Å². The highest BCUT2D eigenvalue weighted by Gasteiger charge is 2.24. The molecule has 0 bridgehead atoms. The lowest BCUT2D eigenvalue weighted by atomic mass is 10.0. The van der Waals surface area contributed by atoms with Crippen LogP contribution in [-0.2, 0) is 0 Å². The zero-order valence-electron chi connectivity index (χ0n) is 19.3. The number of hydrogen-bond acceptors (Lipinski definition) is 4. The number of benzene rings is 2. The zero-order valence-corrected chi connectivity index (χ0v) is 19.3. The van der Waals surface area contributed by atoms with Gasteiger partial charge >= 0.3 is 0 Å². The van der Waals surface area contributed by atoms with E-state index in [9.17, 15) is 8.78 Å². The molecule has 1 aromatic heterocycles. The molecule has 3 heterocycles. The minimum Gasteiger partial charge on any atom is -0.495 e. The summed E-state index contributed by atoms with van der Waals surface area (Å²) >= 11 is 0. The topological polar surface area (TPSA) is 57.8 Å². The Bertz CT molecular complexity index is 1450. The van der Waals surface area contributed by atoms with Crippen molar-refractivity contribution in [2.75, 3.05) is 7.11 Å². The summed E-state index contributed by atoms with van der Waals surface area (Å²) in [7, 11) is 1.61. The maximum atomic E-state index is 14.7. The summed E-state index contributed by atoms with van der Waals surface area (Å²) in [5.41, 5.74) is 4.53. The smallest absolute Gasteiger partial charge is 0.165 e. The van der Waals surface area contributed by atoms with E-state index < -0.39 is 17.7 Å². The first-order valence-corrected chi connectivity index (χ1v) is 10.9. The Balaban J connectivity index is 1.55.